The van der Waals surface area contributed by atoms with Gasteiger partial charge in [-0.05, 0) is 41.8 Å². The largest absolute Gasteiger partial charge is 0.497 e. The molecule has 1 aliphatic heterocycles. The van der Waals surface area contributed by atoms with E-state index in [0.717, 1.165) is 5.56 Å². The first-order chi connectivity index (χ1) is 14.7. The molecule has 1 atom stereocenters. The molecule has 0 bridgehead atoms. The Balaban J connectivity index is 1.76. The number of nitrogens with zero attached hydrogens (tertiary/aromatic N) is 4. The lowest BCUT2D eigenvalue weighted by Crippen LogP contribution is -2.40. The van der Waals surface area contributed by atoms with Gasteiger partial charge < -0.3 is 20.5 Å². The minimum absolute atomic E-state index is 0.116. The number of likely N-dealkylation sites (tertiary alicyclic amines) is 1. The lowest BCUT2D eigenvalue weighted by molar-refractivity contribution is -0.139. The number of methoxy groups -OCH3 is 1. The Labute approximate surface area is 178 Å². The highest BCUT2D eigenvalue weighted by Gasteiger charge is 2.45. The van der Waals surface area contributed by atoms with E-state index in [2.05, 4.69) is 16.7 Å². The fourth-order valence-corrected chi connectivity index (χ4v) is 3.87. The third-order valence-corrected chi connectivity index (χ3v) is 5.62. The monoisotopic (exact) mass is 421 g/mol. The van der Waals surface area contributed by atoms with Crippen LogP contribution in [0.5, 0.6) is 5.75 Å². The van der Waals surface area contributed by atoms with Crippen molar-refractivity contribution in [3.63, 3.8) is 0 Å². The van der Waals surface area contributed by atoms with Gasteiger partial charge in [-0.3, -0.25) is 9.59 Å². The summed E-state index contributed by atoms with van der Waals surface area (Å²) in [7, 11) is 3.19. The van der Waals surface area contributed by atoms with Crippen molar-refractivity contribution in [2.75, 3.05) is 20.7 Å². The van der Waals surface area contributed by atoms with E-state index >= 15 is 0 Å². The van der Waals surface area contributed by atoms with Gasteiger partial charge in [0.1, 0.15) is 5.75 Å². The predicted molar refractivity (Wildman–Crippen MR) is 114 cm³/mol. The molecular formula is C22H23N5O4. The Morgan fingerprint density at radius 1 is 1.39 bits per heavy atom. The molecule has 160 valence electrons. The number of aromatic nitrogens is 3. The maximum absolute atomic E-state index is 12.4. The molecule has 0 spiro atoms. The van der Waals surface area contributed by atoms with Gasteiger partial charge in [0.15, 0.2) is 16.9 Å². The van der Waals surface area contributed by atoms with Gasteiger partial charge in [-0.1, -0.05) is 6.58 Å². The Bertz CT molecular complexity index is 1220. The fourth-order valence-electron chi connectivity index (χ4n) is 3.87. The number of fused-ring (bicyclic) bond motifs is 1. The summed E-state index contributed by atoms with van der Waals surface area (Å²) in [6.45, 7) is 4.46. The number of primary amides is 1. The zero-order chi connectivity index (χ0) is 22.3. The number of ether oxygens (including phenoxy) is 1. The van der Waals surface area contributed by atoms with Crippen molar-refractivity contribution in [1.82, 2.24) is 19.7 Å². The van der Waals surface area contributed by atoms with Crippen molar-refractivity contribution in [3.8, 4) is 11.4 Å². The van der Waals surface area contributed by atoms with Gasteiger partial charge in [0, 0.05) is 32.3 Å². The molecular weight excluding hydrogens is 398 g/mol. The smallest absolute Gasteiger partial charge is 0.269 e. The van der Waals surface area contributed by atoms with E-state index in [0.29, 0.717) is 41.0 Å². The number of likely N-dealkylation sites (N-methyl/N-ethyl adjacent to an activating group) is 1. The Morgan fingerprint density at radius 3 is 2.81 bits per heavy atom. The molecule has 3 aromatic rings. The second-order valence-electron chi connectivity index (χ2n) is 7.66. The maximum Gasteiger partial charge on any atom is 0.269 e. The summed E-state index contributed by atoms with van der Waals surface area (Å²) in [5.41, 5.74) is 6.25. The molecule has 9 nitrogen and oxygen atoms in total. The summed E-state index contributed by atoms with van der Waals surface area (Å²) in [5, 5.41) is 15.8. The number of rotatable bonds is 6. The van der Waals surface area contributed by atoms with Crippen LogP contribution >= 0.6 is 0 Å². The predicted octanol–water partition coefficient (Wildman–Crippen LogP) is 1.22. The van der Waals surface area contributed by atoms with E-state index in [1.54, 1.807) is 37.5 Å². The number of nitrogens with two attached hydrogens (primary N) is 1. The lowest BCUT2D eigenvalue weighted by atomic mass is 9.88. The molecule has 3 heterocycles. The Hall–Kier alpha value is -3.72. The van der Waals surface area contributed by atoms with Gasteiger partial charge in [-0.25, -0.2) is 9.67 Å². The quantitative estimate of drug-likeness (QED) is 0.577. The molecule has 1 aliphatic rings. The second-order valence-corrected chi connectivity index (χ2v) is 7.66. The van der Waals surface area contributed by atoms with E-state index in [-0.39, 0.29) is 18.0 Å². The van der Waals surface area contributed by atoms with Crippen LogP contribution in [0.2, 0.25) is 0 Å². The van der Waals surface area contributed by atoms with Crippen molar-refractivity contribution in [3.05, 3.63) is 59.9 Å². The first kappa shape index (κ1) is 20.5. The molecule has 4 rings (SSSR count). The van der Waals surface area contributed by atoms with Crippen molar-refractivity contribution in [1.29, 1.82) is 0 Å². The third kappa shape index (κ3) is 3.42. The minimum atomic E-state index is -1.59. The number of benzene rings is 1. The molecule has 0 radical (unpaired) electrons. The third-order valence-electron chi connectivity index (χ3n) is 5.62. The van der Waals surface area contributed by atoms with Crippen LogP contribution in [0, 0.1) is 0 Å². The SMILES string of the molecule is C=C(Cc1cc(OC)cc(-n2nc(C(N)=O)c3cccnc32)c1)C1(O)CCN(C)C1=O. The summed E-state index contributed by atoms with van der Waals surface area (Å²) >= 11 is 0. The molecule has 2 aromatic heterocycles. The van der Waals surface area contributed by atoms with Crippen LogP contribution in [0.1, 0.15) is 22.5 Å². The fraction of sp³-hybridized carbons (Fsp3) is 0.273. The van der Waals surface area contributed by atoms with E-state index in [9.17, 15) is 14.7 Å². The second kappa shape index (κ2) is 7.51. The number of hydrogen-bond acceptors (Lipinski definition) is 6. The summed E-state index contributed by atoms with van der Waals surface area (Å²) in [6.07, 6.45) is 2.16. The Kier molecular flexibility index (Phi) is 4.98. The number of hydrogen-bond donors (Lipinski definition) is 2. The van der Waals surface area contributed by atoms with Crippen molar-refractivity contribution < 1.29 is 19.4 Å². The average Bonchev–Trinajstić information content (AvgIpc) is 3.28. The average molecular weight is 421 g/mol. The van der Waals surface area contributed by atoms with E-state index in [1.165, 1.54) is 16.7 Å². The highest BCUT2D eigenvalue weighted by molar-refractivity contribution is 6.03. The first-order valence-corrected chi connectivity index (χ1v) is 9.72. The number of pyridine rings is 1. The molecule has 2 amide bonds. The first-order valence-electron chi connectivity index (χ1n) is 9.72. The number of aliphatic hydroxyl groups is 1. The zero-order valence-corrected chi connectivity index (χ0v) is 17.3. The number of carbonyl (C=O) groups is 2. The van der Waals surface area contributed by atoms with Gasteiger partial charge in [0.25, 0.3) is 11.8 Å². The molecule has 1 aromatic carbocycles. The van der Waals surface area contributed by atoms with Gasteiger partial charge in [-0.2, -0.15) is 5.10 Å². The van der Waals surface area contributed by atoms with Crippen LogP contribution in [0.3, 0.4) is 0 Å². The normalized spacial score (nSPS) is 18.5. The van der Waals surface area contributed by atoms with Gasteiger partial charge >= 0.3 is 0 Å². The van der Waals surface area contributed by atoms with Gasteiger partial charge in [0.2, 0.25) is 0 Å². The van der Waals surface area contributed by atoms with E-state index < -0.39 is 11.5 Å². The molecule has 1 saturated heterocycles. The van der Waals surface area contributed by atoms with Crippen molar-refractivity contribution in [2.24, 2.45) is 5.73 Å². The zero-order valence-electron chi connectivity index (χ0n) is 17.3. The summed E-state index contributed by atoms with van der Waals surface area (Å²) < 4.78 is 6.95. The highest BCUT2D eigenvalue weighted by Crippen LogP contribution is 2.32. The van der Waals surface area contributed by atoms with Gasteiger partial charge in [-0.15, -0.1) is 0 Å². The number of carbonyl (C=O) groups excluding carboxylic acids is 2. The molecule has 31 heavy (non-hydrogen) atoms. The van der Waals surface area contributed by atoms with Crippen LogP contribution in [-0.4, -0.2) is 62.9 Å². The standard InChI is InChI=1S/C22H23N5O4/c1-13(22(30)6-8-26(2)21(22)29)9-14-10-15(12-16(11-14)31-3)27-20-17(5-4-7-24-20)18(25-27)19(23)28/h4-5,7,10-12,30H,1,6,8-9H2,2-3H3,(H2,23,28). The molecule has 1 unspecified atom stereocenters. The topological polar surface area (TPSA) is 124 Å². The van der Waals surface area contributed by atoms with Crippen LogP contribution in [-0.2, 0) is 11.2 Å². The van der Waals surface area contributed by atoms with Crippen LogP contribution in [0.4, 0.5) is 0 Å². The summed E-state index contributed by atoms with van der Waals surface area (Å²) in [6, 6.07) is 8.81. The summed E-state index contributed by atoms with van der Waals surface area (Å²) in [5.74, 6) is -0.462. The maximum atomic E-state index is 12.4. The molecule has 3 N–H and O–H groups in total. The van der Waals surface area contributed by atoms with Crippen LogP contribution in [0.25, 0.3) is 16.7 Å². The minimum Gasteiger partial charge on any atom is -0.497 e. The van der Waals surface area contributed by atoms with E-state index in [1.807, 2.05) is 6.07 Å². The van der Waals surface area contributed by atoms with Crippen molar-refractivity contribution in [2.45, 2.75) is 18.4 Å². The molecule has 0 aliphatic carbocycles. The van der Waals surface area contributed by atoms with Gasteiger partial charge in [0.05, 0.1) is 18.2 Å². The lowest BCUT2D eigenvalue weighted by Gasteiger charge is -2.24. The highest BCUT2D eigenvalue weighted by atomic mass is 16.5. The van der Waals surface area contributed by atoms with Crippen molar-refractivity contribution >= 4 is 22.8 Å². The van der Waals surface area contributed by atoms with Crippen LogP contribution in [0.15, 0.2) is 48.7 Å². The number of amides is 2. The van der Waals surface area contributed by atoms with Crippen LogP contribution < -0.4 is 10.5 Å². The van der Waals surface area contributed by atoms with E-state index in [4.69, 9.17) is 10.5 Å². The summed E-state index contributed by atoms with van der Waals surface area (Å²) in [4.78, 5) is 30.1. The molecule has 0 saturated carbocycles. The molecule has 9 heteroatoms. The Morgan fingerprint density at radius 2 is 2.16 bits per heavy atom. The molecule has 1 fully saturated rings.